The molecule has 0 aromatic rings. The zero-order valence-corrected chi connectivity index (χ0v) is 10.1. The molecule has 5 heteroatoms. The summed E-state index contributed by atoms with van der Waals surface area (Å²) in [6.45, 7) is 4.18. The third kappa shape index (κ3) is 4.51. The molecule has 2 N–H and O–H groups in total. The summed E-state index contributed by atoms with van der Waals surface area (Å²) in [5.74, 6) is -0.270. The molecular weight excluding hydrogens is 208 g/mol. The van der Waals surface area contributed by atoms with Crippen molar-refractivity contribution < 1.29 is 14.7 Å². The predicted octanol–water partition coefficient (Wildman–Crippen LogP) is 1.29. The maximum Gasteiger partial charge on any atom is 0.317 e. The van der Waals surface area contributed by atoms with E-state index < -0.39 is 11.5 Å². The van der Waals surface area contributed by atoms with E-state index in [1.54, 1.807) is 25.8 Å². The van der Waals surface area contributed by atoms with Gasteiger partial charge in [-0.3, -0.25) is 4.79 Å². The second kappa shape index (κ2) is 4.72. The summed E-state index contributed by atoms with van der Waals surface area (Å²) < 4.78 is 0. The Labute approximate surface area is 95.8 Å². The van der Waals surface area contributed by atoms with Gasteiger partial charge in [0.2, 0.25) is 0 Å². The van der Waals surface area contributed by atoms with Gasteiger partial charge in [0.25, 0.3) is 0 Å². The van der Waals surface area contributed by atoms with Gasteiger partial charge in [-0.2, -0.15) is 0 Å². The van der Waals surface area contributed by atoms with Gasteiger partial charge in [0.15, 0.2) is 0 Å². The molecule has 1 aliphatic rings. The van der Waals surface area contributed by atoms with Gasteiger partial charge in [-0.15, -0.1) is 0 Å². The number of carboxylic acid groups (broad SMARTS) is 1. The van der Waals surface area contributed by atoms with Gasteiger partial charge in [-0.25, -0.2) is 4.79 Å². The van der Waals surface area contributed by atoms with E-state index in [1.807, 2.05) is 0 Å². The van der Waals surface area contributed by atoms with Crippen molar-refractivity contribution in [1.82, 2.24) is 10.2 Å². The Kier molecular flexibility index (Phi) is 3.78. The molecule has 2 amide bonds. The number of hydrogen-bond donors (Lipinski definition) is 2. The van der Waals surface area contributed by atoms with E-state index in [0.29, 0.717) is 5.92 Å². The quantitative estimate of drug-likeness (QED) is 0.745. The van der Waals surface area contributed by atoms with Crippen molar-refractivity contribution in [3.05, 3.63) is 0 Å². The Hall–Kier alpha value is -1.26. The largest absolute Gasteiger partial charge is 0.481 e. The Morgan fingerprint density at radius 2 is 2.00 bits per heavy atom. The van der Waals surface area contributed by atoms with Crippen LogP contribution in [0, 0.1) is 5.92 Å². The number of carbonyl (C=O) groups is 2. The van der Waals surface area contributed by atoms with E-state index in [2.05, 4.69) is 5.32 Å². The van der Waals surface area contributed by atoms with Crippen LogP contribution in [0.15, 0.2) is 0 Å². The molecule has 0 unspecified atom stereocenters. The summed E-state index contributed by atoms with van der Waals surface area (Å²) in [5, 5.41) is 11.4. The molecule has 0 atom stereocenters. The van der Waals surface area contributed by atoms with E-state index in [9.17, 15) is 9.59 Å². The monoisotopic (exact) mass is 228 g/mol. The number of aliphatic carboxylic acids is 1. The molecule has 0 bridgehead atoms. The molecule has 5 nitrogen and oxygen atoms in total. The first-order chi connectivity index (χ1) is 7.30. The van der Waals surface area contributed by atoms with Crippen LogP contribution in [-0.2, 0) is 4.79 Å². The highest BCUT2D eigenvalue weighted by atomic mass is 16.4. The van der Waals surface area contributed by atoms with Crippen molar-refractivity contribution in [2.75, 3.05) is 13.6 Å². The predicted molar refractivity (Wildman–Crippen MR) is 60.2 cm³/mol. The third-order valence-electron chi connectivity index (χ3n) is 2.61. The van der Waals surface area contributed by atoms with Gasteiger partial charge in [-0.05, 0) is 32.6 Å². The third-order valence-corrected chi connectivity index (χ3v) is 2.61. The Balaban J connectivity index is 2.38. The molecule has 0 aromatic carbocycles. The highest BCUT2D eigenvalue weighted by molar-refractivity contribution is 5.76. The average Bonchev–Trinajstić information content (AvgIpc) is 2.84. The molecule has 0 radical (unpaired) electrons. The van der Waals surface area contributed by atoms with Crippen molar-refractivity contribution in [2.24, 2.45) is 5.92 Å². The summed E-state index contributed by atoms with van der Waals surface area (Å²) in [5.41, 5.74) is -0.708. The minimum Gasteiger partial charge on any atom is -0.481 e. The molecule has 1 aliphatic carbocycles. The van der Waals surface area contributed by atoms with Crippen molar-refractivity contribution >= 4 is 12.0 Å². The van der Waals surface area contributed by atoms with Gasteiger partial charge < -0.3 is 15.3 Å². The number of nitrogens with zero attached hydrogens (tertiary/aromatic N) is 1. The number of carboxylic acids is 1. The molecule has 0 aliphatic heterocycles. The van der Waals surface area contributed by atoms with E-state index in [-0.39, 0.29) is 12.5 Å². The number of rotatable bonds is 5. The van der Waals surface area contributed by atoms with Crippen molar-refractivity contribution in [1.29, 1.82) is 0 Å². The molecular formula is C11H20N2O3. The molecule has 0 aromatic heterocycles. The normalized spacial score (nSPS) is 15.7. The highest BCUT2D eigenvalue weighted by Crippen LogP contribution is 2.29. The maximum absolute atomic E-state index is 11.7. The molecule has 0 saturated heterocycles. The number of urea groups is 1. The fourth-order valence-electron chi connectivity index (χ4n) is 1.58. The van der Waals surface area contributed by atoms with Crippen LogP contribution in [0.25, 0.3) is 0 Å². The number of hydrogen-bond acceptors (Lipinski definition) is 2. The minimum atomic E-state index is -0.907. The van der Waals surface area contributed by atoms with Gasteiger partial charge in [0, 0.05) is 19.1 Å². The summed E-state index contributed by atoms with van der Waals surface area (Å²) in [4.78, 5) is 23.9. The number of carbonyl (C=O) groups excluding carboxylic acids is 1. The van der Waals surface area contributed by atoms with Gasteiger partial charge in [0.1, 0.15) is 0 Å². The summed E-state index contributed by atoms with van der Waals surface area (Å²) in [7, 11) is 1.74. The standard InChI is InChI=1S/C11H20N2O3/c1-11(2,6-9(14)15)12-10(16)13(3)7-8-4-5-8/h8H,4-7H2,1-3H3,(H,12,16)(H,14,15). The maximum atomic E-state index is 11.7. The van der Waals surface area contributed by atoms with Crippen LogP contribution in [0.3, 0.4) is 0 Å². The lowest BCUT2D eigenvalue weighted by Crippen LogP contribution is -2.50. The average molecular weight is 228 g/mol. The fourth-order valence-corrected chi connectivity index (χ4v) is 1.58. The van der Waals surface area contributed by atoms with Gasteiger partial charge >= 0.3 is 12.0 Å². The van der Waals surface area contributed by atoms with Crippen LogP contribution in [0.4, 0.5) is 4.79 Å². The zero-order chi connectivity index (χ0) is 12.3. The van der Waals surface area contributed by atoms with Crippen LogP contribution < -0.4 is 5.32 Å². The van der Waals surface area contributed by atoms with Crippen LogP contribution in [-0.4, -0.2) is 41.1 Å². The molecule has 1 rings (SSSR count). The molecule has 1 saturated carbocycles. The second-order valence-electron chi connectivity index (χ2n) is 5.21. The molecule has 0 spiro atoms. The lowest BCUT2D eigenvalue weighted by atomic mass is 10.0. The van der Waals surface area contributed by atoms with Crippen molar-refractivity contribution in [3.8, 4) is 0 Å². The molecule has 92 valence electrons. The molecule has 16 heavy (non-hydrogen) atoms. The van der Waals surface area contributed by atoms with Crippen LogP contribution in [0.5, 0.6) is 0 Å². The van der Waals surface area contributed by atoms with Crippen LogP contribution >= 0.6 is 0 Å². The van der Waals surface area contributed by atoms with Gasteiger partial charge in [-0.1, -0.05) is 0 Å². The van der Waals surface area contributed by atoms with E-state index in [0.717, 1.165) is 6.54 Å². The van der Waals surface area contributed by atoms with Gasteiger partial charge in [0.05, 0.1) is 6.42 Å². The van der Waals surface area contributed by atoms with Crippen molar-refractivity contribution in [3.63, 3.8) is 0 Å². The minimum absolute atomic E-state index is 0.0734. The first-order valence-corrected chi connectivity index (χ1v) is 5.55. The summed E-state index contributed by atoms with van der Waals surface area (Å²) in [6.07, 6.45) is 2.31. The zero-order valence-electron chi connectivity index (χ0n) is 10.1. The Morgan fingerprint density at radius 3 is 2.44 bits per heavy atom. The lowest BCUT2D eigenvalue weighted by Gasteiger charge is -2.28. The number of amides is 2. The van der Waals surface area contributed by atoms with Crippen LogP contribution in [0.1, 0.15) is 33.1 Å². The smallest absolute Gasteiger partial charge is 0.317 e. The second-order valence-corrected chi connectivity index (χ2v) is 5.21. The van der Waals surface area contributed by atoms with Crippen LogP contribution in [0.2, 0.25) is 0 Å². The first kappa shape index (κ1) is 12.8. The van der Waals surface area contributed by atoms with E-state index in [1.165, 1.54) is 12.8 Å². The van der Waals surface area contributed by atoms with Crippen molar-refractivity contribution in [2.45, 2.75) is 38.6 Å². The van der Waals surface area contributed by atoms with E-state index in [4.69, 9.17) is 5.11 Å². The summed E-state index contributed by atoms with van der Waals surface area (Å²) in [6, 6.07) is -0.196. The number of nitrogens with one attached hydrogen (secondary N) is 1. The summed E-state index contributed by atoms with van der Waals surface area (Å²) >= 11 is 0. The van der Waals surface area contributed by atoms with E-state index >= 15 is 0 Å². The highest BCUT2D eigenvalue weighted by Gasteiger charge is 2.28. The first-order valence-electron chi connectivity index (χ1n) is 5.55. The fraction of sp³-hybridized carbons (Fsp3) is 0.818. The molecule has 0 heterocycles. The Bertz CT molecular complexity index is 285. The Morgan fingerprint density at radius 1 is 1.44 bits per heavy atom. The molecule has 1 fully saturated rings. The SMILES string of the molecule is CN(CC1CC1)C(=O)NC(C)(C)CC(=O)O. The lowest BCUT2D eigenvalue weighted by molar-refractivity contribution is -0.138. The topological polar surface area (TPSA) is 69.6 Å².